The summed E-state index contributed by atoms with van der Waals surface area (Å²) in [5.41, 5.74) is 7.05. The zero-order chi connectivity index (χ0) is 21.9. The molecule has 6 nitrogen and oxygen atoms in total. The van der Waals surface area contributed by atoms with Crippen LogP contribution in [0.2, 0.25) is 0 Å². The molecule has 1 aromatic heterocycles. The molecule has 10 heteroatoms. The Morgan fingerprint density at radius 2 is 1.78 bits per heavy atom. The number of nitrogens with one attached hydrogen (secondary N) is 2. The van der Waals surface area contributed by atoms with Gasteiger partial charge in [0, 0.05) is 42.7 Å². The number of aryl methyl sites for hydroxylation is 2. The SMILES string of the molecule is FC(F)(F)CN1CCC2(C1)CN(Sc1n[nH]c(Nc3c4c(cc5c3CCC5)CCC4)n1)C2. The van der Waals surface area contributed by atoms with E-state index in [2.05, 4.69) is 30.9 Å². The van der Waals surface area contributed by atoms with Crippen LogP contribution < -0.4 is 5.32 Å². The second-order valence-corrected chi connectivity index (χ2v) is 10.9. The van der Waals surface area contributed by atoms with Crippen molar-refractivity contribution in [2.24, 2.45) is 5.41 Å². The highest BCUT2D eigenvalue weighted by Crippen LogP contribution is 2.44. The van der Waals surface area contributed by atoms with E-state index in [1.807, 2.05) is 0 Å². The van der Waals surface area contributed by atoms with Crippen LogP contribution in [0.5, 0.6) is 0 Å². The van der Waals surface area contributed by atoms with Crippen LogP contribution in [0.4, 0.5) is 24.8 Å². The lowest BCUT2D eigenvalue weighted by atomic mass is 9.81. The number of aromatic amines is 1. The molecule has 6 rings (SSSR count). The average Bonchev–Trinajstić information content (AvgIpc) is 3.46. The second kappa shape index (κ2) is 7.63. The molecule has 0 unspecified atom stereocenters. The predicted octanol–water partition coefficient (Wildman–Crippen LogP) is 4.10. The number of rotatable bonds is 5. The van der Waals surface area contributed by atoms with E-state index in [0.717, 1.165) is 45.2 Å². The maximum Gasteiger partial charge on any atom is 0.401 e. The Bertz CT molecular complexity index is 997. The first-order valence-electron chi connectivity index (χ1n) is 11.4. The number of alkyl halides is 3. The van der Waals surface area contributed by atoms with Crippen molar-refractivity contribution in [3.05, 3.63) is 28.3 Å². The monoisotopic (exact) mass is 464 g/mol. The number of likely N-dealkylation sites (tertiary alicyclic amines) is 1. The van der Waals surface area contributed by atoms with Gasteiger partial charge in [0.1, 0.15) is 0 Å². The van der Waals surface area contributed by atoms with E-state index < -0.39 is 12.7 Å². The third kappa shape index (κ3) is 3.90. The molecule has 2 saturated heterocycles. The maximum absolute atomic E-state index is 12.7. The predicted molar refractivity (Wildman–Crippen MR) is 117 cm³/mol. The molecule has 172 valence electrons. The van der Waals surface area contributed by atoms with Gasteiger partial charge < -0.3 is 5.32 Å². The summed E-state index contributed by atoms with van der Waals surface area (Å²) in [5, 5.41) is 11.6. The minimum Gasteiger partial charge on any atom is -0.324 e. The lowest BCUT2D eigenvalue weighted by molar-refractivity contribution is -0.145. The van der Waals surface area contributed by atoms with Gasteiger partial charge in [-0.3, -0.25) is 4.90 Å². The van der Waals surface area contributed by atoms with Crippen LogP contribution in [0.3, 0.4) is 0 Å². The Balaban J connectivity index is 1.08. The van der Waals surface area contributed by atoms with E-state index in [1.165, 1.54) is 57.6 Å². The number of nitrogens with zero attached hydrogens (tertiary/aromatic N) is 4. The van der Waals surface area contributed by atoms with Gasteiger partial charge in [0.15, 0.2) is 0 Å². The van der Waals surface area contributed by atoms with Gasteiger partial charge in [-0.25, -0.2) is 9.40 Å². The number of halogens is 3. The van der Waals surface area contributed by atoms with Crippen molar-refractivity contribution in [2.75, 3.05) is 38.0 Å². The van der Waals surface area contributed by atoms with Crippen LogP contribution >= 0.6 is 11.9 Å². The molecule has 1 aromatic carbocycles. The van der Waals surface area contributed by atoms with Crippen LogP contribution in [-0.4, -0.2) is 63.3 Å². The molecule has 2 fully saturated rings. The number of hydrogen-bond acceptors (Lipinski definition) is 6. The summed E-state index contributed by atoms with van der Waals surface area (Å²) in [6.45, 7) is 1.81. The van der Waals surface area contributed by atoms with Crippen LogP contribution in [0, 0.1) is 5.41 Å². The first-order chi connectivity index (χ1) is 15.4. The molecule has 3 heterocycles. The molecule has 32 heavy (non-hydrogen) atoms. The molecule has 2 aliphatic heterocycles. The quantitative estimate of drug-likeness (QED) is 0.650. The fourth-order valence-electron chi connectivity index (χ4n) is 5.98. The molecule has 1 spiro atoms. The van der Waals surface area contributed by atoms with Crippen LogP contribution in [0.1, 0.15) is 41.5 Å². The number of H-pyrrole nitrogens is 1. The molecule has 0 radical (unpaired) electrons. The highest BCUT2D eigenvalue weighted by atomic mass is 32.2. The molecule has 2 aliphatic carbocycles. The summed E-state index contributed by atoms with van der Waals surface area (Å²) >= 11 is 1.49. The third-order valence-corrected chi connectivity index (χ3v) is 8.20. The first kappa shape index (κ1) is 20.8. The van der Waals surface area contributed by atoms with E-state index in [-0.39, 0.29) is 5.41 Å². The summed E-state index contributed by atoms with van der Waals surface area (Å²) in [4.78, 5) is 6.18. The Hall–Kier alpha value is -1.78. The van der Waals surface area contributed by atoms with E-state index in [4.69, 9.17) is 0 Å². The third-order valence-electron chi connectivity index (χ3n) is 7.34. The van der Waals surface area contributed by atoms with Crippen LogP contribution in [0.15, 0.2) is 11.2 Å². The molecule has 0 saturated carbocycles. The topological polar surface area (TPSA) is 60.1 Å². The number of anilines is 2. The highest BCUT2D eigenvalue weighted by molar-refractivity contribution is 7.96. The first-order valence-corrected chi connectivity index (χ1v) is 12.2. The molecule has 2 N–H and O–H groups in total. The molecular weight excluding hydrogens is 437 g/mol. The van der Waals surface area contributed by atoms with Crippen molar-refractivity contribution in [3.63, 3.8) is 0 Å². The number of aromatic nitrogens is 3. The fraction of sp³-hybridized carbons (Fsp3) is 0.636. The van der Waals surface area contributed by atoms with Crippen molar-refractivity contribution in [1.82, 2.24) is 24.4 Å². The number of fused-ring (bicyclic) bond motifs is 2. The van der Waals surface area contributed by atoms with Crippen LogP contribution in [0.25, 0.3) is 0 Å². The zero-order valence-corrected chi connectivity index (χ0v) is 18.7. The maximum atomic E-state index is 12.7. The molecule has 4 aliphatic rings. The van der Waals surface area contributed by atoms with E-state index >= 15 is 0 Å². The minimum atomic E-state index is -4.12. The molecule has 0 bridgehead atoms. The van der Waals surface area contributed by atoms with Gasteiger partial charge >= 0.3 is 6.18 Å². The van der Waals surface area contributed by atoms with Crippen molar-refractivity contribution in [2.45, 2.75) is 56.3 Å². The minimum absolute atomic E-state index is 0.0131. The summed E-state index contributed by atoms with van der Waals surface area (Å²) in [7, 11) is 0. The molecule has 2 aromatic rings. The Labute approximate surface area is 189 Å². The molecule has 0 atom stereocenters. The van der Waals surface area contributed by atoms with Gasteiger partial charge in [-0.05, 0) is 73.7 Å². The van der Waals surface area contributed by atoms with Gasteiger partial charge in [0.2, 0.25) is 11.1 Å². The van der Waals surface area contributed by atoms with Gasteiger partial charge in [-0.1, -0.05) is 6.07 Å². The summed E-state index contributed by atoms with van der Waals surface area (Å²) < 4.78 is 40.2. The number of hydrogen-bond donors (Lipinski definition) is 2. The van der Waals surface area contributed by atoms with Crippen molar-refractivity contribution in [1.29, 1.82) is 0 Å². The Morgan fingerprint density at radius 1 is 1.06 bits per heavy atom. The second-order valence-electron chi connectivity index (χ2n) is 9.79. The molecular formula is C22H27F3N6S. The van der Waals surface area contributed by atoms with Crippen LogP contribution in [-0.2, 0) is 25.7 Å². The average molecular weight is 465 g/mol. The van der Waals surface area contributed by atoms with Gasteiger partial charge in [-0.2, -0.15) is 18.2 Å². The van der Waals surface area contributed by atoms with Crippen molar-refractivity contribution >= 4 is 23.6 Å². The smallest absolute Gasteiger partial charge is 0.324 e. The lowest BCUT2D eigenvalue weighted by Gasteiger charge is -2.46. The van der Waals surface area contributed by atoms with E-state index in [9.17, 15) is 13.2 Å². The highest BCUT2D eigenvalue weighted by Gasteiger charge is 2.49. The van der Waals surface area contributed by atoms with Gasteiger partial charge in [-0.15, -0.1) is 5.10 Å². The standard InChI is InChI=1S/C22H27F3N6S/c23-22(24,25)13-30-8-7-21(10-30)11-31(12-21)32-20-27-19(28-29-20)26-18-16-5-1-3-14(16)9-15-4-2-6-17(15)18/h9H,1-8,10-13H2,(H2,26,27,28,29). The Kier molecular flexibility index (Phi) is 4.96. The van der Waals surface area contributed by atoms with Crippen molar-refractivity contribution < 1.29 is 13.2 Å². The number of benzene rings is 1. The summed E-state index contributed by atoms with van der Waals surface area (Å²) in [6.07, 6.45) is 3.67. The van der Waals surface area contributed by atoms with Gasteiger partial charge in [0.25, 0.3) is 0 Å². The lowest BCUT2D eigenvalue weighted by Crippen LogP contribution is -2.54. The van der Waals surface area contributed by atoms with E-state index in [1.54, 1.807) is 0 Å². The summed E-state index contributed by atoms with van der Waals surface area (Å²) in [5.74, 6) is 0.661. The zero-order valence-electron chi connectivity index (χ0n) is 17.9. The summed E-state index contributed by atoms with van der Waals surface area (Å²) in [6, 6.07) is 2.41. The fourth-order valence-corrected chi connectivity index (χ4v) is 7.11. The Morgan fingerprint density at radius 3 is 2.47 bits per heavy atom. The van der Waals surface area contributed by atoms with E-state index in [0.29, 0.717) is 24.2 Å². The largest absolute Gasteiger partial charge is 0.401 e. The molecule has 0 amide bonds. The van der Waals surface area contributed by atoms with Crippen molar-refractivity contribution in [3.8, 4) is 0 Å². The normalized spacial score (nSPS) is 22.3. The van der Waals surface area contributed by atoms with Gasteiger partial charge in [0.05, 0.1) is 6.54 Å².